The van der Waals surface area contributed by atoms with Gasteiger partial charge in [-0.1, -0.05) is 0 Å². The van der Waals surface area contributed by atoms with Crippen molar-refractivity contribution in [2.75, 3.05) is 6.54 Å². The van der Waals surface area contributed by atoms with E-state index in [-0.39, 0.29) is 18.9 Å². The van der Waals surface area contributed by atoms with Crippen LogP contribution in [0.2, 0.25) is 0 Å². The van der Waals surface area contributed by atoms with Crippen LogP contribution in [0, 0.1) is 0 Å². The molecule has 0 atom stereocenters. The summed E-state index contributed by atoms with van der Waals surface area (Å²) in [4.78, 5) is 21.0. The highest BCUT2D eigenvalue weighted by molar-refractivity contribution is 5.82. The Balaban J connectivity index is 2.30. The number of carbonyl (C=O) groups excluding carboxylic acids is 1. The number of carbonyl (C=O) groups is 2. The molecule has 0 aliphatic heterocycles. The van der Waals surface area contributed by atoms with Crippen LogP contribution in [-0.4, -0.2) is 23.5 Å². The van der Waals surface area contributed by atoms with Gasteiger partial charge >= 0.3 is 5.97 Å². The van der Waals surface area contributed by atoms with Crippen LogP contribution in [0.1, 0.15) is 5.76 Å². The Morgan fingerprint density at radius 3 is 2.85 bits per heavy atom. The average molecular weight is 183 g/mol. The van der Waals surface area contributed by atoms with E-state index in [0.717, 1.165) is 0 Å². The molecular weight excluding hydrogens is 174 g/mol. The maximum Gasteiger partial charge on any atom is 0.322 e. The number of rotatable bonds is 4. The number of hydrogen-bond donors (Lipinski definition) is 2. The standard InChI is InChI=1S/C8H9NO4/c10-7(9-5-8(11)12)4-6-2-1-3-13-6/h1-3H,4-5H2,(H,9,10)(H,11,12). The van der Waals surface area contributed by atoms with E-state index in [1.807, 2.05) is 0 Å². The SMILES string of the molecule is O=C(O)CNC(=O)Cc1ccco1. The fourth-order valence-corrected chi connectivity index (χ4v) is 0.808. The normalized spacial score (nSPS) is 9.54. The fraction of sp³-hybridized carbons (Fsp3) is 0.250. The third-order valence-electron chi connectivity index (χ3n) is 1.35. The molecule has 0 saturated heterocycles. The molecule has 1 rings (SSSR count). The molecule has 13 heavy (non-hydrogen) atoms. The molecule has 1 aromatic heterocycles. The Labute approximate surface area is 74.4 Å². The predicted octanol–water partition coefficient (Wildman–Crippen LogP) is 0.0229. The van der Waals surface area contributed by atoms with Crippen LogP contribution in [-0.2, 0) is 16.0 Å². The molecule has 0 fully saturated rings. The van der Waals surface area contributed by atoms with E-state index in [2.05, 4.69) is 5.32 Å². The summed E-state index contributed by atoms with van der Waals surface area (Å²) in [6, 6.07) is 3.32. The summed E-state index contributed by atoms with van der Waals surface area (Å²) in [6.45, 7) is -0.362. The molecule has 5 nitrogen and oxygen atoms in total. The van der Waals surface area contributed by atoms with Crippen molar-refractivity contribution in [2.24, 2.45) is 0 Å². The van der Waals surface area contributed by atoms with E-state index >= 15 is 0 Å². The van der Waals surface area contributed by atoms with Crippen molar-refractivity contribution >= 4 is 11.9 Å². The second-order valence-corrected chi connectivity index (χ2v) is 2.43. The molecule has 0 saturated carbocycles. The number of hydrogen-bond acceptors (Lipinski definition) is 3. The summed E-state index contributed by atoms with van der Waals surface area (Å²) in [5, 5.41) is 10.5. The van der Waals surface area contributed by atoms with Crippen LogP contribution in [0.15, 0.2) is 22.8 Å². The molecule has 0 radical (unpaired) electrons. The molecule has 2 N–H and O–H groups in total. The molecule has 0 aromatic carbocycles. The Hall–Kier alpha value is -1.78. The fourth-order valence-electron chi connectivity index (χ4n) is 0.808. The van der Waals surface area contributed by atoms with E-state index in [1.165, 1.54) is 6.26 Å². The highest BCUT2D eigenvalue weighted by Gasteiger charge is 2.06. The third-order valence-corrected chi connectivity index (χ3v) is 1.35. The predicted molar refractivity (Wildman–Crippen MR) is 43.1 cm³/mol. The number of aliphatic carboxylic acids is 1. The largest absolute Gasteiger partial charge is 0.480 e. The first-order valence-electron chi connectivity index (χ1n) is 3.69. The van der Waals surface area contributed by atoms with Crippen molar-refractivity contribution in [2.45, 2.75) is 6.42 Å². The lowest BCUT2D eigenvalue weighted by Crippen LogP contribution is -2.30. The highest BCUT2D eigenvalue weighted by Crippen LogP contribution is 1.99. The lowest BCUT2D eigenvalue weighted by atomic mass is 10.3. The van der Waals surface area contributed by atoms with Crippen LogP contribution in [0.4, 0.5) is 0 Å². The monoisotopic (exact) mass is 183 g/mol. The topological polar surface area (TPSA) is 79.5 Å². The summed E-state index contributed by atoms with van der Waals surface area (Å²) >= 11 is 0. The van der Waals surface area contributed by atoms with Gasteiger partial charge < -0.3 is 14.8 Å². The number of nitrogens with one attached hydrogen (secondary N) is 1. The molecule has 1 amide bonds. The maximum atomic E-state index is 11.0. The summed E-state index contributed by atoms with van der Waals surface area (Å²) in [5.74, 6) is -0.909. The van der Waals surface area contributed by atoms with Gasteiger partial charge in [0.1, 0.15) is 12.3 Å². The maximum absolute atomic E-state index is 11.0. The van der Waals surface area contributed by atoms with Gasteiger partial charge in [0.25, 0.3) is 0 Å². The Bertz CT molecular complexity index is 291. The van der Waals surface area contributed by atoms with Crippen LogP contribution < -0.4 is 5.32 Å². The van der Waals surface area contributed by atoms with Crippen molar-refractivity contribution in [3.05, 3.63) is 24.2 Å². The molecule has 0 unspecified atom stereocenters. The molecule has 0 spiro atoms. The van der Waals surface area contributed by atoms with Gasteiger partial charge in [-0.3, -0.25) is 9.59 Å². The van der Waals surface area contributed by atoms with E-state index in [0.29, 0.717) is 5.76 Å². The zero-order chi connectivity index (χ0) is 9.68. The minimum atomic E-state index is -1.06. The van der Waals surface area contributed by atoms with Crippen LogP contribution in [0.5, 0.6) is 0 Å². The minimum Gasteiger partial charge on any atom is -0.480 e. The van der Waals surface area contributed by atoms with Crippen molar-refractivity contribution in [3.8, 4) is 0 Å². The number of amides is 1. The number of carboxylic acid groups (broad SMARTS) is 1. The number of carboxylic acids is 1. The van der Waals surface area contributed by atoms with Crippen molar-refractivity contribution < 1.29 is 19.1 Å². The van der Waals surface area contributed by atoms with Gasteiger partial charge in [0, 0.05) is 0 Å². The van der Waals surface area contributed by atoms with Crippen molar-refractivity contribution in [1.29, 1.82) is 0 Å². The van der Waals surface area contributed by atoms with Gasteiger partial charge in [-0.15, -0.1) is 0 Å². The summed E-state index contributed by atoms with van der Waals surface area (Å²) in [7, 11) is 0. The van der Waals surface area contributed by atoms with Gasteiger partial charge in [-0.25, -0.2) is 0 Å². The first kappa shape index (κ1) is 9.31. The van der Waals surface area contributed by atoms with Crippen LogP contribution in [0.3, 0.4) is 0 Å². The highest BCUT2D eigenvalue weighted by atomic mass is 16.4. The average Bonchev–Trinajstić information content (AvgIpc) is 2.53. The second kappa shape index (κ2) is 4.30. The van der Waals surface area contributed by atoms with Crippen molar-refractivity contribution in [1.82, 2.24) is 5.32 Å². The Morgan fingerprint density at radius 1 is 1.54 bits per heavy atom. The molecule has 70 valence electrons. The molecule has 0 bridgehead atoms. The molecule has 1 aromatic rings. The first-order chi connectivity index (χ1) is 6.18. The van der Waals surface area contributed by atoms with E-state index in [9.17, 15) is 9.59 Å². The van der Waals surface area contributed by atoms with E-state index in [1.54, 1.807) is 12.1 Å². The number of furan rings is 1. The van der Waals surface area contributed by atoms with Gasteiger partial charge in [0.15, 0.2) is 0 Å². The quantitative estimate of drug-likeness (QED) is 0.689. The molecular formula is C8H9NO4. The smallest absolute Gasteiger partial charge is 0.322 e. The van der Waals surface area contributed by atoms with E-state index in [4.69, 9.17) is 9.52 Å². The second-order valence-electron chi connectivity index (χ2n) is 2.43. The van der Waals surface area contributed by atoms with Gasteiger partial charge in [-0.2, -0.15) is 0 Å². The van der Waals surface area contributed by atoms with Gasteiger partial charge in [-0.05, 0) is 12.1 Å². The van der Waals surface area contributed by atoms with Gasteiger partial charge in [0.2, 0.25) is 5.91 Å². The zero-order valence-corrected chi connectivity index (χ0v) is 6.82. The summed E-state index contributed by atoms with van der Waals surface area (Å²) in [6.07, 6.45) is 1.53. The van der Waals surface area contributed by atoms with Crippen molar-refractivity contribution in [3.63, 3.8) is 0 Å². The lowest BCUT2D eigenvalue weighted by Gasteiger charge is -1.98. The third kappa shape index (κ3) is 3.42. The Morgan fingerprint density at radius 2 is 2.31 bits per heavy atom. The minimum absolute atomic E-state index is 0.0697. The van der Waals surface area contributed by atoms with Gasteiger partial charge in [0.05, 0.1) is 12.7 Å². The van der Waals surface area contributed by atoms with Crippen LogP contribution >= 0.6 is 0 Å². The van der Waals surface area contributed by atoms with Crippen LogP contribution in [0.25, 0.3) is 0 Å². The molecule has 0 aliphatic carbocycles. The first-order valence-corrected chi connectivity index (χ1v) is 3.69. The molecule has 5 heteroatoms. The molecule has 0 aliphatic rings. The lowest BCUT2D eigenvalue weighted by molar-refractivity contribution is -0.137. The van der Waals surface area contributed by atoms with E-state index < -0.39 is 5.97 Å². The molecule has 1 heterocycles. The Kier molecular flexibility index (Phi) is 3.08. The summed E-state index contributed by atoms with van der Waals surface area (Å²) in [5.41, 5.74) is 0. The zero-order valence-electron chi connectivity index (χ0n) is 6.82. The summed E-state index contributed by atoms with van der Waals surface area (Å²) < 4.78 is 4.90.